The van der Waals surface area contributed by atoms with Crippen LogP contribution in [-0.2, 0) is 16.4 Å². The van der Waals surface area contributed by atoms with E-state index >= 15 is 0 Å². The van der Waals surface area contributed by atoms with E-state index in [9.17, 15) is 13.2 Å². The van der Waals surface area contributed by atoms with Crippen LogP contribution in [0.3, 0.4) is 0 Å². The molecule has 0 saturated heterocycles. The van der Waals surface area contributed by atoms with Crippen molar-refractivity contribution < 1.29 is 12.8 Å². The quantitative estimate of drug-likeness (QED) is 0.285. The van der Waals surface area contributed by atoms with Gasteiger partial charge in [0.1, 0.15) is 26.5 Å². The molecule has 0 aliphatic carbocycles. The van der Waals surface area contributed by atoms with Crippen LogP contribution in [0.15, 0.2) is 33.0 Å². The van der Waals surface area contributed by atoms with E-state index in [4.69, 9.17) is 4.42 Å². The zero-order valence-corrected chi connectivity index (χ0v) is 22.8. The first-order valence-corrected chi connectivity index (χ1v) is 15.4. The molecular formula is C24H32N4O4SSi. The monoisotopic (exact) mass is 500 g/mol. The average molecular weight is 501 g/mol. The number of nitrogens with zero attached hydrogens (tertiary/aromatic N) is 4. The predicted molar refractivity (Wildman–Crippen MR) is 135 cm³/mol. The highest BCUT2D eigenvalue weighted by Gasteiger charge is 2.41. The van der Waals surface area contributed by atoms with Crippen molar-refractivity contribution in [2.45, 2.75) is 76.8 Å². The molecule has 0 saturated carbocycles. The highest BCUT2D eigenvalue weighted by atomic mass is 32.2. The fraction of sp³-hybridized carbons (Fsp3) is 0.500. The van der Waals surface area contributed by atoms with Gasteiger partial charge in [-0.3, -0.25) is 9.36 Å². The number of fused-ring (bicyclic) bond motifs is 1. The summed E-state index contributed by atoms with van der Waals surface area (Å²) in [5, 5.41) is 0.182. The van der Waals surface area contributed by atoms with Crippen molar-refractivity contribution in [2.75, 3.05) is 6.26 Å². The molecule has 0 aliphatic rings. The second-order valence-corrected chi connectivity index (χ2v) is 17.1. The van der Waals surface area contributed by atoms with Gasteiger partial charge in [0.25, 0.3) is 5.56 Å². The summed E-state index contributed by atoms with van der Waals surface area (Å²) in [4.78, 5) is 25.9. The number of sulfone groups is 1. The minimum absolute atomic E-state index is 0.0137. The maximum absolute atomic E-state index is 13.4. The van der Waals surface area contributed by atoms with E-state index in [1.807, 2.05) is 0 Å². The molecule has 34 heavy (non-hydrogen) atoms. The number of pyridine rings is 1. The van der Waals surface area contributed by atoms with Crippen LogP contribution in [0.1, 0.15) is 58.6 Å². The number of oxazole rings is 1. The normalized spacial score (nSPS) is 12.6. The van der Waals surface area contributed by atoms with Crippen molar-refractivity contribution in [3.05, 3.63) is 46.0 Å². The predicted octanol–water partition coefficient (Wildman–Crippen LogP) is 4.11. The van der Waals surface area contributed by atoms with Crippen molar-refractivity contribution in [3.8, 4) is 11.5 Å². The molecule has 3 heterocycles. The summed E-state index contributed by atoms with van der Waals surface area (Å²) in [5.74, 6) is 3.67. The van der Waals surface area contributed by atoms with Crippen LogP contribution < -0.4 is 5.56 Å². The van der Waals surface area contributed by atoms with Crippen LogP contribution in [-0.4, -0.2) is 42.3 Å². The second kappa shape index (κ2) is 9.47. The molecule has 0 unspecified atom stereocenters. The smallest absolute Gasteiger partial charge is 0.256 e. The number of hydrogen-bond donors (Lipinski definition) is 0. The lowest BCUT2D eigenvalue weighted by Gasteiger charge is -2.38. The summed E-state index contributed by atoms with van der Waals surface area (Å²) in [5.41, 5.74) is 5.80. The summed E-state index contributed by atoms with van der Waals surface area (Å²) in [7, 11) is -5.76. The van der Waals surface area contributed by atoms with E-state index in [0.717, 1.165) is 6.26 Å². The minimum Gasteiger partial charge on any atom is -0.447 e. The first kappa shape index (κ1) is 25.8. The van der Waals surface area contributed by atoms with Gasteiger partial charge in [0.15, 0.2) is 0 Å². The summed E-state index contributed by atoms with van der Waals surface area (Å²) in [6.45, 7) is 15.1. The molecule has 3 rings (SSSR count). The van der Waals surface area contributed by atoms with Gasteiger partial charge >= 0.3 is 0 Å². The summed E-state index contributed by atoms with van der Waals surface area (Å²) < 4.78 is 31.0. The van der Waals surface area contributed by atoms with Crippen molar-refractivity contribution >= 4 is 28.9 Å². The third-order valence-electron chi connectivity index (χ3n) is 6.59. The summed E-state index contributed by atoms with van der Waals surface area (Å²) in [6.07, 6.45) is 5.39. The van der Waals surface area contributed by atoms with E-state index in [-0.39, 0.29) is 22.9 Å². The van der Waals surface area contributed by atoms with Crippen LogP contribution >= 0.6 is 0 Å². The van der Waals surface area contributed by atoms with Crippen LogP contribution in [0, 0.1) is 18.4 Å². The van der Waals surface area contributed by atoms with Gasteiger partial charge in [-0.2, -0.15) is 4.98 Å². The highest BCUT2D eigenvalue weighted by Crippen LogP contribution is 2.41. The zero-order valence-electron chi connectivity index (χ0n) is 21.0. The van der Waals surface area contributed by atoms with Gasteiger partial charge in [0.05, 0.1) is 11.6 Å². The van der Waals surface area contributed by atoms with E-state index in [2.05, 4.69) is 68.0 Å². The Labute approximate surface area is 201 Å². The van der Waals surface area contributed by atoms with Gasteiger partial charge < -0.3 is 4.42 Å². The lowest BCUT2D eigenvalue weighted by Crippen LogP contribution is -2.43. The largest absolute Gasteiger partial charge is 0.447 e. The van der Waals surface area contributed by atoms with E-state index in [1.54, 1.807) is 6.92 Å². The maximum atomic E-state index is 13.4. The molecule has 3 aromatic rings. The van der Waals surface area contributed by atoms with Crippen LogP contribution in [0.2, 0.25) is 16.6 Å². The number of hydrogen-bond acceptors (Lipinski definition) is 7. The molecule has 0 atom stereocenters. The summed E-state index contributed by atoms with van der Waals surface area (Å²) in [6, 6.07) is 0. The number of aromatic nitrogens is 4. The Kier molecular flexibility index (Phi) is 7.19. The SMILES string of the molecule is Cc1c(C#C[Si](C(C)C)(C(C)C)C(C)C)c2cnc(S(C)(=O)=O)nc2n(Cc2ncco2)c1=O. The Morgan fingerprint density at radius 3 is 2.21 bits per heavy atom. The van der Waals surface area contributed by atoms with Crippen molar-refractivity contribution in [1.82, 2.24) is 19.5 Å². The Bertz CT molecular complexity index is 1410. The Morgan fingerprint density at radius 1 is 1.09 bits per heavy atom. The first-order valence-electron chi connectivity index (χ1n) is 11.3. The van der Waals surface area contributed by atoms with Crippen LogP contribution in [0.4, 0.5) is 0 Å². The lowest BCUT2D eigenvalue weighted by atomic mass is 10.1. The molecule has 0 bridgehead atoms. The highest BCUT2D eigenvalue weighted by molar-refractivity contribution is 7.90. The minimum atomic E-state index is -3.68. The first-order chi connectivity index (χ1) is 15.8. The standard InChI is InChI=1S/C24H32N4O4SSi/c1-15(2)34(16(3)4,17(5)6)12-9-19-18(7)23(29)28(14-21-25-10-11-32-21)22-20(19)13-26-24(27-22)33(8,30)31/h10-11,13,15-17H,14H2,1-8H3. The molecule has 8 nitrogen and oxygen atoms in total. The van der Waals surface area contributed by atoms with Gasteiger partial charge in [0, 0.05) is 23.6 Å². The van der Waals surface area contributed by atoms with Gasteiger partial charge in [-0.05, 0) is 23.5 Å². The van der Waals surface area contributed by atoms with Gasteiger partial charge in [-0.1, -0.05) is 47.5 Å². The second-order valence-electron chi connectivity index (χ2n) is 9.63. The summed E-state index contributed by atoms with van der Waals surface area (Å²) >= 11 is 0. The van der Waals surface area contributed by atoms with Crippen molar-refractivity contribution in [2.24, 2.45) is 0 Å². The molecule has 0 fully saturated rings. The molecule has 0 aromatic carbocycles. The van der Waals surface area contributed by atoms with E-state index in [0.29, 0.717) is 39.0 Å². The molecule has 0 N–H and O–H groups in total. The molecule has 0 spiro atoms. The third kappa shape index (κ3) is 4.59. The van der Waals surface area contributed by atoms with Gasteiger partial charge in [-0.15, -0.1) is 5.54 Å². The Balaban J connectivity index is 2.39. The zero-order chi connectivity index (χ0) is 25.4. The third-order valence-corrected chi connectivity index (χ3v) is 13.7. The molecule has 3 aromatic heterocycles. The maximum Gasteiger partial charge on any atom is 0.256 e. The van der Waals surface area contributed by atoms with E-state index < -0.39 is 17.9 Å². The van der Waals surface area contributed by atoms with Crippen molar-refractivity contribution in [3.63, 3.8) is 0 Å². The van der Waals surface area contributed by atoms with Crippen LogP contribution in [0.5, 0.6) is 0 Å². The molecular weight excluding hydrogens is 468 g/mol. The number of rotatable bonds is 6. The van der Waals surface area contributed by atoms with Crippen molar-refractivity contribution in [1.29, 1.82) is 0 Å². The fourth-order valence-corrected chi connectivity index (χ4v) is 10.6. The fourth-order valence-electron chi connectivity index (χ4n) is 4.90. The molecule has 0 amide bonds. The van der Waals surface area contributed by atoms with E-state index in [1.165, 1.54) is 23.2 Å². The molecule has 0 aliphatic heterocycles. The van der Waals surface area contributed by atoms with Gasteiger partial charge in [0.2, 0.25) is 20.9 Å². The average Bonchev–Trinajstić information content (AvgIpc) is 3.25. The molecule has 10 heteroatoms. The van der Waals surface area contributed by atoms with Gasteiger partial charge in [-0.25, -0.2) is 18.4 Å². The van der Waals surface area contributed by atoms with Crippen LogP contribution in [0.25, 0.3) is 11.0 Å². The lowest BCUT2D eigenvalue weighted by molar-refractivity contribution is 0.477. The topological polar surface area (TPSA) is 108 Å². The Morgan fingerprint density at radius 2 is 1.71 bits per heavy atom. The molecule has 182 valence electrons. The Hall–Kier alpha value is -2.77. The molecule has 0 radical (unpaired) electrons.